The fourth-order valence-electron chi connectivity index (χ4n) is 4.14. The maximum absolute atomic E-state index is 13.0. The zero-order valence-electron chi connectivity index (χ0n) is 14.8. The van der Waals surface area contributed by atoms with E-state index in [1.165, 1.54) is 29.9 Å². The third-order valence-electron chi connectivity index (χ3n) is 5.79. The van der Waals surface area contributed by atoms with Crippen LogP contribution in [0.2, 0.25) is 0 Å². The van der Waals surface area contributed by atoms with Crippen molar-refractivity contribution in [3.05, 3.63) is 51.7 Å². The van der Waals surface area contributed by atoms with Gasteiger partial charge in [0.25, 0.3) is 5.91 Å². The van der Waals surface area contributed by atoms with Crippen molar-refractivity contribution in [3.8, 4) is 0 Å². The molecule has 1 aromatic carbocycles. The average molecular weight is 374 g/mol. The quantitative estimate of drug-likeness (QED) is 0.833. The van der Waals surface area contributed by atoms with E-state index < -0.39 is 0 Å². The number of carbonyl (C=O) groups excluding carboxylic acids is 1. The molecule has 2 aromatic rings. The molecule has 1 spiro atoms. The molecule has 2 atom stereocenters. The second-order valence-corrected chi connectivity index (χ2v) is 8.33. The molecule has 1 aromatic heterocycles. The maximum atomic E-state index is 13.0. The number of benzene rings is 1. The van der Waals surface area contributed by atoms with Crippen LogP contribution in [-0.4, -0.2) is 29.6 Å². The fourth-order valence-corrected chi connectivity index (χ4v) is 5.00. The van der Waals surface area contributed by atoms with Gasteiger partial charge in [0.1, 0.15) is 10.7 Å². The Labute approximate surface area is 156 Å². The number of hydrogen-bond donors (Lipinski definition) is 1. The lowest BCUT2D eigenvalue weighted by Crippen LogP contribution is -2.67. The van der Waals surface area contributed by atoms with Crippen LogP contribution < -0.4 is 5.32 Å². The Balaban J connectivity index is 1.37. The molecule has 1 N–H and O–H groups in total. The molecule has 1 amide bonds. The van der Waals surface area contributed by atoms with Gasteiger partial charge in [-0.1, -0.05) is 18.6 Å². The summed E-state index contributed by atoms with van der Waals surface area (Å²) in [6.07, 6.45) is 6.95. The molecule has 0 saturated heterocycles. The van der Waals surface area contributed by atoms with Gasteiger partial charge in [0.2, 0.25) is 0 Å². The van der Waals surface area contributed by atoms with E-state index in [4.69, 9.17) is 4.74 Å². The molecule has 6 heteroatoms. The number of ether oxygens (including phenoxy) is 1. The minimum absolute atomic E-state index is 0.0425. The van der Waals surface area contributed by atoms with Crippen LogP contribution >= 0.6 is 11.3 Å². The number of carbonyl (C=O) groups is 1. The first-order valence-corrected chi connectivity index (χ1v) is 10.0. The van der Waals surface area contributed by atoms with Crippen LogP contribution in [-0.2, 0) is 11.2 Å². The van der Waals surface area contributed by atoms with Crippen molar-refractivity contribution in [1.29, 1.82) is 0 Å². The molecule has 0 bridgehead atoms. The molecule has 26 heavy (non-hydrogen) atoms. The van der Waals surface area contributed by atoms with Gasteiger partial charge in [0.15, 0.2) is 0 Å². The Morgan fingerprint density at radius 3 is 2.81 bits per heavy atom. The molecule has 2 aliphatic rings. The zero-order valence-corrected chi connectivity index (χ0v) is 15.7. The minimum Gasteiger partial charge on any atom is -0.378 e. The SMILES string of the molecule is CCO[C@H]1C[C@@H](NC(=O)c2cnc(Cc3ccc(F)cc3)s2)C12CCC2. The minimum atomic E-state index is -0.247. The van der Waals surface area contributed by atoms with Gasteiger partial charge < -0.3 is 10.1 Å². The molecule has 0 radical (unpaired) electrons. The summed E-state index contributed by atoms with van der Waals surface area (Å²) in [5, 5.41) is 4.06. The van der Waals surface area contributed by atoms with Crippen LogP contribution in [0.5, 0.6) is 0 Å². The number of thiazole rings is 1. The highest BCUT2D eigenvalue weighted by molar-refractivity contribution is 7.13. The summed E-state index contributed by atoms with van der Waals surface area (Å²) in [6.45, 7) is 2.76. The summed E-state index contributed by atoms with van der Waals surface area (Å²) < 4.78 is 18.8. The van der Waals surface area contributed by atoms with Crippen LogP contribution in [0.1, 0.15) is 52.8 Å². The highest BCUT2D eigenvalue weighted by Crippen LogP contribution is 2.57. The Bertz CT molecular complexity index is 785. The molecule has 0 unspecified atom stereocenters. The number of rotatable bonds is 6. The predicted molar refractivity (Wildman–Crippen MR) is 98.9 cm³/mol. The Morgan fingerprint density at radius 2 is 2.15 bits per heavy atom. The van der Waals surface area contributed by atoms with E-state index in [1.807, 2.05) is 6.92 Å². The third-order valence-corrected chi connectivity index (χ3v) is 6.78. The summed E-state index contributed by atoms with van der Waals surface area (Å²) in [6, 6.07) is 6.60. The Morgan fingerprint density at radius 1 is 1.38 bits per heavy atom. The smallest absolute Gasteiger partial charge is 0.263 e. The molecule has 4 nitrogen and oxygen atoms in total. The first-order chi connectivity index (χ1) is 12.6. The van der Waals surface area contributed by atoms with E-state index in [9.17, 15) is 9.18 Å². The average Bonchev–Trinajstić information content (AvgIpc) is 3.03. The van der Waals surface area contributed by atoms with Crippen LogP contribution in [0.3, 0.4) is 0 Å². The fraction of sp³-hybridized carbons (Fsp3) is 0.500. The number of aromatic nitrogens is 1. The lowest BCUT2D eigenvalue weighted by Gasteiger charge is -2.60. The largest absolute Gasteiger partial charge is 0.378 e. The molecule has 4 rings (SSSR count). The van der Waals surface area contributed by atoms with Gasteiger partial charge >= 0.3 is 0 Å². The zero-order chi connectivity index (χ0) is 18.1. The number of amides is 1. The van der Waals surface area contributed by atoms with Crippen molar-refractivity contribution in [2.75, 3.05) is 6.61 Å². The number of halogens is 1. The van der Waals surface area contributed by atoms with E-state index in [-0.39, 0.29) is 23.2 Å². The number of hydrogen-bond acceptors (Lipinski definition) is 4. The van der Waals surface area contributed by atoms with E-state index in [0.717, 1.165) is 36.4 Å². The summed E-state index contributed by atoms with van der Waals surface area (Å²) in [4.78, 5) is 17.6. The molecule has 0 aliphatic heterocycles. The van der Waals surface area contributed by atoms with Crippen molar-refractivity contribution in [3.63, 3.8) is 0 Å². The van der Waals surface area contributed by atoms with Crippen molar-refractivity contribution < 1.29 is 13.9 Å². The van der Waals surface area contributed by atoms with Gasteiger partial charge in [0, 0.05) is 24.5 Å². The molecule has 2 aliphatic carbocycles. The van der Waals surface area contributed by atoms with Gasteiger partial charge in [-0.05, 0) is 43.9 Å². The third kappa shape index (κ3) is 3.16. The number of nitrogens with zero attached hydrogens (tertiary/aromatic N) is 1. The highest BCUT2D eigenvalue weighted by atomic mass is 32.1. The second kappa shape index (κ2) is 7.08. The Hall–Kier alpha value is -1.79. The monoisotopic (exact) mass is 374 g/mol. The van der Waals surface area contributed by atoms with Crippen LogP contribution in [0.15, 0.2) is 30.5 Å². The van der Waals surface area contributed by atoms with Crippen LogP contribution in [0, 0.1) is 11.2 Å². The van der Waals surface area contributed by atoms with E-state index in [0.29, 0.717) is 17.4 Å². The standard InChI is InChI=1S/C20H23FN2O2S/c1-2-25-17-11-16(20(17)8-3-9-20)23-19(24)15-12-22-18(26-15)10-13-4-6-14(21)7-5-13/h4-7,12,16-17H,2-3,8-11H2,1H3,(H,23,24)/t16-,17+/m1/s1. The van der Waals surface area contributed by atoms with Crippen molar-refractivity contribution in [2.24, 2.45) is 5.41 Å². The summed E-state index contributed by atoms with van der Waals surface area (Å²) in [5.74, 6) is -0.289. The molecular formula is C20H23FN2O2S. The molecule has 138 valence electrons. The topological polar surface area (TPSA) is 51.2 Å². The first kappa shape index (κ1) is 17.6. The van der Waals surface area contributed by atoms with Crippen molar-refractivity contribution >= 4 is 17.2 Å². The Kier molecular flexibility index (Phi) is 4.80. The molecular weight excluding hydrogens is 351 g/mol. The molecule has 2 fully saturated rings. The lowest BCUT2D eigenvalue weighted by atomic mass is 9.51. The van der Waals surface area contributed by atoms with Crippen LogP contribution in [0.25, 0.3) is 0 Å². The van der Waals surface area contributed by atoms with Gasteiger partial charge in [-0.2, -0.15) is 0 Å². The second-order valence-electron chi connectivity index (χ2n) is 7.21. The maximum Gasteiger partial charge on any atom is 0.263 e. The summed E-state index contributed by atoms with van der Waals surface area (Å²) in [7, 11) is 0. The number of nitrogens with one attached hydrogen (secondary N) is 1. The van der Waals surface area contributed by atoms with Gasteiger partial charge in [-0.3, -0.25) is 4.79 Å². The van der Waals surface area contributed by atoms with E-state index in [2.05, 4.69) is 10.3 Å². The van der Waals surface area contributed by atoms with Crippen molar-refractivity contribution in [2.45, 2.75) is 51.2 Å². The van der Waals surface area contributed by atoms with Gasteiger partial charge in [-0.15, -0.1) is 11.3 Å². The van der Waals surface area contributed by atoms with Crippen LogP contribution in [0.4, 0.5) is 4.39 Å². The van der Waals surface area contributed by atoms with E-state index >= 15 is 0 Å². The normalized spacial score (nSPS) is 23.3. The summed E-state index contributed by atoms with van der Waals surface area (Å²) >= 11 is 1.41. The summed E-state index contributed by atoms with van der Waals surface area (Å²) in [5.41, 5.74) is 1.15. The molecule has 2 saturated carbocycles. The highest BCUT2D eigenvalue weighted by Gasteiger charge is 2.59. The van der Waals surface area contributed by atoms with Crippen molar-refractivity contribution in [1.82, 2.24) is 10.3 Å². The van der Waals surface area contributed by atoms with Gasteiger partial charge in [-0.25, -0.2) is 9.37 Å². The molecule has 1 heterocycles. The van der Waals surface area contributed by atoms with E-state index in [1.54, 1.807) is 18.3 Å². The predicted octanol–water partition coefficient (Wildman–Crippen LogP) is 3.95. The lowest BCUT2D eigenvalue weighted by molar-refractivity contribution is -0.169. The van der Waals surface area contributed by atoms with Gasteiger partial charge in [0.05, 0.1) is 17.3 Å². The first-order valence-electron chi connectivity index (χ1n) is 9.22.